The Balaban J connectivity index is 1.92. The molecule has 2 atom stereocenters. The zero-order chi connectivity index (χ0) is 11.5. The number of likely N-dealkylation sites (N-methyl/N-ethyl adjacent to an activating group) is 1. The predicted molar refractivity (Wildman–Crippen MR) is 59.5 cm³/mol. The third-order valence-corrected chi connectivity index (χ3v) is 3.09. The number of hydrogen-bond acceptors (Lipinski definition) is 4. The van der Waals surface area contributed by atoms with Crippen LogP contribution in [0.15, 0.2) is 22.8 Å². The summed E-state index contributed by atoms with van der Waals surface area (Å²) in [5.74, 6) is 0.449. The van der Waals surface area contributed by atoms with Crippen molar-refractivity contribution in [3.8, 4) is 0 Å². The summed E-state index contributed by atoms with van der Waals surface area (Å²) >= 11 is 0. The first-order valence-corrected chi connectivity index (χ1v) is 5.57. The van der Waals surface area contributed by atoms with Gasteiger partial charge in [-0.3, -0.25) is 9.69 Å². The van der Waals surface area contributed by atoms with E-state index < -0.39 is 0 Å². The van der Waals surface area contributed by atoms with Gasteiger partial charge in [0, 0.05) is 12.6 Å². The first-order chi connectivity index (χ1) is 7.68. The van der Waals surface area contributed by atoms with Gasteiger partial charge in [0.05, 0.1) is 18.9 Å². The van der Waals surface area contributed by atoms with Gasteiger partial charge in [-0.25, -0.2) is 0 Å². The van der Waals surface area contributed by atoms with Crippen molar-refractivity contribution in [3.63, 3.8) is 0 Å². The molecule has 1 fully saturated rings. The van der Waals surface area contributed by atoms with Crippen molar-refractivity contribution in [3.05, 3.63) is 24.2 Å². The number of ether oxygens (including phenoxy) is 1. The minimum absolute atomic E-state index is 0.0200. The molecular formula is C12H17NO3. The molecule has 0 aliphatic carbocycles. The second-order valence-corrected chi connectivity index (χ2v) is 4.25. The smallest absolute Gasteiger partial charge is 0.211 e. The number of ketones is 1. The summed E-state index contributed by atoms with van der Waals surface area (Å²) in [6.45, 7) is 3.21. The van der Waals surface area contributed by atoms with Gasteiger partial charge in [-0.1, -0.05) is 0 Å². The minimum Gasteiger partial charge on any atom is -0.461 e. The molecule has 2 unspecified atom stereocenters. The van der Waals surface area contributed by atoms with Crippen LogP contribution in [-0.4, -0.2) is 43.0 Å². The average Bonchev–Trinajstić information content (AvgIpc) is 2.86. The molecule has 1 aliphatic heterocycles. The van der Waals surface area contributed by atoms with Gasteiger partial charge < -0.3 is 9.15 Å². The van der Waals surface area contributed by atoms with E-state index in [1.54, 1.807) is 12.1 Å². The molecule has 2 rings (SSSR count). The Morgan fingerprint density at radius 3 is 3.00 bits per heavy atom. The van der Waals surface area contributed by atoms with Crippen LogP contribution in [-0.2, 0) is 4.74 Å². The number of furan rings is 1. The van der Waals surface area contributed by atoms with Gasteiger partial charge >= 0.3 is 0 Å². The molecule has 0 amide bonds. The molecule has 1 aromatic rings. The molecule has 4 nitrogen and oxygen atoms in total. The number of rotatable bonds is 4. The molecular weight excluding hydrogens is 206 g/mol. The molecule has 88 valence electrons. The predicted octanol–water partition coefficient (Wildman–Crippen LogP) is 1.57. The summed E-state index contributed by atoms with van der Waals surface area (Å²) in [4.78, 5) is 13.8. The fourth-order valence-corrected chi connectivity index (χ4v) is 2.16. The Bertz CT molecular complexity index is 347. The van der Waals surface area contributed by atoms with Crippen molar-refractivity contribution in [2.45, 2.75) is 25.5 Å². The van der Waals surface area contributed by atoms with Crippen molar-refractivity contribution in [2.24, 2.45) is 0 Å². The van der Waals surface area contributed by atoms with Crippen LogP contribution in [0.4, 0.5) is 0 Å². The third kappa shape index (κ3) is 2.33. The molecule has 0 saturated carbocycles. The molecule has 1 saturated heterocycles. The summed E-state index contributed by atoms with van der Waals surface area (Å²) in [6, 6.07) is 3.76. The Morgan fingerprint density at radius 2 is 2.44 bits per heavy atom. The van der Waals surface area contributed by atoms with E-state index in [2.05, 4.69) is 0 Å². The monoisotopic (exact) mass is 223 g/mol. The van der Waals surface area contributed by atoms with Gasteiger partial charge in [-0.2, -0.15) is 0 Å². The van der Waals surface area contributed by atoms with Crippen molar-refractivity contribution < 1.29 is 13.9 Å². The number of nitrogens with zero attached hydrogens (tertiary/aromatic N) is 1. The molecule has 0 aromatic carbocycles. The van der Waals surface area contributed by atoms with E-state index in [0.29, 0.717) is 18.3 Å². The lowest BCUT2D eigenvalue weighted by molar-refractivity contribution is 0.0731. The fourth-order valence-electron chi connectivity index (χ4n) is 2.16. The second kappa shape index (κ2) is 4.80. The van der Waals surface area contributed by atoms with Gasteiger partial charge in [-0.15, -0.1) is 0 Å². The second-order valence-electron chi connectivity index (χ2n) is 4.25. The summed E-state index contributed by atoms with van der Waals surface area (Å²) in [5, 5.41) is 0. The van der Waals surface area contributed by atoms with E-state index in [-0.39, 0.29) is 11.9 Å². The zero-order valence-corrected chi connectivity index (χ0v) is 9.68. The zero-order valence-electron chi connectivity index (χ0n) is 9.68. The van der Waals surface area contributed by atoms with Crippen LogP contribution >= 0.6 is 0 Å². The Morgan fingerprint density at radius 1 is 1.62 bits per heavy atom. The first-order valence-electron chi connectivity index (χ1n) is 5.57. The van der Waals surface area contributed by atoms with E-state index in [1.165, 1.54) is 6.26 Å². The number of carbonyl (C=O) groups excluding carboxylic acids is 1. The fraction of sp³-hybridized carbons (Fsp3) is 0.583. The van der Waals surface area contributed by atoms with Crippen molar-refractivity contribution in [1.82, 2.24) is 4.90 Å². The van der Waals surface area contributed by atoms with Gasteiger partial charge in [-0.05, 0) is 32.5 Å². The van der Waals surface area contributed by atoms with E-state index in [0.717, 1.165) is 13.0 Å². The summed E-state index contributed by atoms with van der Waals surface area (Å²) < 4.78 is 10.6. The maximum absolute atomic E-state index is 11.8. The molecule has 0 spiro atoms. The summed E-state index contributed by atoms with van der Waals surface area (Å²) in [6.07, 6.45) is 2.71. The highest BCUT2D eigenvalue weighted by atomic mass is 16.5. The molecule has 1 aromatic heterocycles. The minimum atomic E-state index is 0.0200. The highest BCUT2D eigenvalue weighted by molar-refractivity contribution is 5.94. The number of hydrogen-bond donors (Lipinski definition) is 0. The van der Waals surface area contributed by atoms with Crippen molar-refractivity contribution in [1.29, 1.82) is 0 Å². The van der Waals surface area contributed by atoms with Crippen LogP contribution in [0.25, 0.3) is 0 Å². The van der Waals surface area contributed by atoms with Crippen molar-refractivity contribution in [2.75, 3.05) is 20.2 Å². The lowest BCUT2D eigenvalue weighted by Crippen LogP contribution is -2.39. The summed E-state index contributed by atoms with van der Waals surface area (Å²) in [7, 11) is 1.96. The lowest BCUT2D eigenvalue weighted by atomic mass is 10.1. The SMILES string of the molecule is CC1OCCC1N(C)CC(=O)c1ccco1. The first kappa shape index (κ1) is 11.4. The highest BCUT2D eigenvalue weighted by Crippen LogP contribution is 2.18. The average molecular weight is 223 g/mol. The summed E-state index contributed by atoms with van der Waals surface area (Å²) in [5.41, 5.74) is 0. The normalized spacial score (nSPS) is 25.2. The Kier molecular flexibility index (Phi) is 3.41. The van der Waals surface area contributed by atoms with Crippen LogP contribution in [0, 0.1) is 0 Å². The van der Waals surface area contributed by atoms with Crippen LogP contribution in [0.3, 0.4) is 0 Å². The molecule has 4 heteroatoms. The van der Waals surface area contributed by atoms with Crippen LogP contribution in [0.2, 0.25) is 0 Å². The molecule has 0 N–H and O–H groups in total. The third-order valence-electron chi connectivity index (χ3n) is 3.09. The van der Waals surface area contributed by atoms with Gasteiger partial charge in [0.25, 0.3) is 0 Å². The lowest BCUT2D eigenvalue weighted by Gasteiger charge is -2.25. The maximum Gasteiger partial charge on any atom is 0.211 e. The number of Topliss-reactive ketones (excluding diaryl/α,β-unsaturated/α-hetero) is 1. The molecule has 2 heterocycles. The van der Waals surface area contributed by atoms with Crippen molar-refractivity contribution >= 4 is 5.78 Å². The van der Waals surface area contributed by atoms with E-state index in [1.807, 2.05) is 18.9 Å². The largest absolute Gasteiger partial charge is 0.461 e. The topological polar surface area (TPSA) is 42.7 Å². The number of carbonyl (C=O) groups is 1. The highest BCUT2D eigenvalue weighted by Gasteiger charge is 2.29. The van der Waals surface area contributed by atoms with Crippen LogP contribution in [0.1, 0.15) is 23.9 Å². The van der Waals surface area contributed by atoms with E-state index in [9.17, 15) is 4.79 Å². The molecule has 16 heavy (non-hydrogen) atoms. The molecule has 1 aliphatic rings. The van der Waals surface area contributed by atoms with E-state index >= 15 is 0 Å². The molecule has 0 radical (unpaired) electrons. The quantitative estimate of drug-likeness (QED) is 0.727. The van der Waals surface area contributed by atoms with Gasteiger partial charge in [0.1, 0.15) is 0 Å². The van der Waals surface area contributed by atoms with Crippen LogP contribution in [0.5, 0.6) is 0 Å². The molecule has 0 bridgehead atoms. The Hall–Kier alpha value is -1.13. The van der Waals surface area contributed by atoms with Gasteiger partial charge in [0.15, 0.2) is 5.76 Å². The maximum atomic E-state index is 11.8. The van der Waals surface area contributed by atoms with E-state index in [4.69, 9.17) is 9.15 Å². The van der Waals surface area contributed by atoms with Crippen LogP contribution < -0.4 is 0 Å². The standard InChI is InChI=1S/C12H17NO3/c1-9-10(5-7-15-9)13(2)8-11(14)12-4-3-6-16-12/h3-4,6,9-10H,5,7-8H2,1-2H3. The van der Waals surface area contributed by atoms with Gasteiger partial charge in [0.2, 0.25) is 5.78 Å². The Labute approximate surface area is 95.2 Å².